The van der Waals surface area contributed by atoms with E-state index in [2.05, 4.69) is 5.32 Å². The molecule has 1 fully saturated rings. The normalized spacial score (nSPS) is 16.0. The number of unbranched alkanes of at least 4 members (excludes halogenated alkanes) is 2. The number of anilines is 1. The smallest absolute Gasteiger partial charge is 0.303 e. The molecule has 1 heterocycles. The van der Waals surface area contributed by atoms with Crippen LogP contribution >= 0.6 is 0 Å². The number of carbonyl (C=O) groups is 2. The lowest BCUT2D eigenvalue weighted by Crippen LogP contribution is -2.27. The van der Waals surface area contributed by atoms with Gasteiger partial charge in [-0.2, -0.15) is 0 Å². The summed E-state index contributed by atoms with van der Waals surface area (Å²) in [5.41, 5.74) is 1.84. The van der Waals surface area contributed by atoms with Crippen LogP contribution in [0.5, 0.6) is 0 Å². The quantitative estimate of drug-likeness (QED) is 0.682. The van der Waals surface area contributed by atoms with Crippen molar-refractivity contribution in [3.63, 3.8) is 0 Å². The summed E-state index contributed by atoms with van der Waals surface area (Å²) >= 11 is 0. The van der Waals surface area contributed by atoms with Crippen LogP contribution in [0.25, 0.3) is 0 Å². The van der Waals surface area contributed by atoms with E-state index in [1.165, 1.54) is 4.31 Å². The lowest BCUT2D eigenvalue weighted by molar-refractivity contribution is -0.137. The molecule has 1 saturated heterocycles. The number of rotatable bonds is 8. The largest absolute Gasteiger partial charge is 0.481 e. The Balaban J connectivity index is 1.90. The first-order valence-electron chi connectivity index (χ1n) is 8.42. The molecule has 1 aromatic carbocycles. The Kier molecular flexibility index (Phi) is 6.41. The molecule has 25 heavy (non-hydrogen) atoms. The second-order valence-corrected chi connectivity index (χ2v) is 8.21. The Morgan fingerprint density at radius 1 is 1.24 bits per heavy atom. The molecule has 0 spiro atoms. The molecule has 2 rings (SSSR count). The minimum Gasteiger partial charge on any atom is -0.481 e. The summed E-state index contributed by atoms with van der Waals surface area (Å²) in [6, 6.07) is 5.04. The van der Waals surface area contributed by atoms with Crippen molar-refractivity contribution in [3.05, 3.63) is 29.3 Å². The van der Waals surface area contributed by atoms with E-state index in [4.69, 9.17) is 5.11 Å². The third-order valence-corrected chi connectivity index (χ3v) is 6.06. The number of nitrogens with zero attached hydrogens (tertiary/aromatic N) is 1. The highest BCUT2D eigenvalue weighted by molar-refractivity contribution is 7.93. The van der Waals surface area contributed by atoms with Gasteiger partial charge in [0.25, 0.3) is 5.91 Å². The SMILES string of the molecule is Cc1cc(N2CCCS2(=O)=O)ccc1C(=O)NCCCCCC(=O)O. The van der Waals surface area contributed by atoms with Crippen LogP contribution in [-0.2, 0) is 14.8 Å². The van der Waals surface area contributed by atoms with Gasteiger partial charge in [-0.15, -0.1) is 0 Å². The standard InChI is InChI=1S/C17H24N2O5S/c1-13-12-14(19-10-5-11-25(19,23)24)7-8-15(13)17(22)18-9-4-2-3-6-16(20)21/h7-8,12H,2-6,9-11H2,1H3,(H,18,22)(H,20,21). The molecule has 1 aliphatic rings. The molecular formula is C17H24N2O5S. The lowest BCUT2D eigenvalue weighted by Gasteiger charge is -2.18. The molecule has 0 bridgehead atoms. The van der Waals surface area contributed by atoms with E-state index in [1.807, 2.05) is 0 Å². The van der Waals surface area contributed by atoms with Crippen molar-refractivity contribution < 1.29 is 23.1 Å². The van der Waals surface area contributed by atoms with E-state index in [0.29, 0.717) is 37.2 Å². The fraction of sp³-hybridized carbons (Fsp3) is 0.529. The molecule has 0 saturated carbocycles. The molecule has 8 heteroatoms. The Morgan fingerprint density at radius 2 is 2.00 bits per heavy atom. The molecule has 0 radical (unpaired) electrons. The highest BCUT2D eigenvalue weighted by atomic mass is 32.2. The summed E-state index contributed by atoms with van der Waals surface area (Å²) in [7, 11) is -3.23. The molecule has 0 unspecified atom stereocenters. The zero-order valence-electron chi connectivity index (χ0n) is 14.3. The summed E-state index contributed by atoms with van der Waals surface area (Å²) in [6.07, 6.45) is 2.84. The van der Waals surface area contributed by atoms with Crippen LogP contribution in [0, 0.1) is 6.92 Å². The van der Waals surface area contributed by atoms with Crippen molar-refractivity contribution in [1.29, 1.82) is 0 Å². The van der Waals surface area contributed by atoms with Crippen molar-refractivity contribution >= 4 is 27.6 Å². The minimum absolute atomic E-state index is 0.147. The number of aliphatic carboxylic acids is 1. The number of carboxylic acid groups (broad SMARTS) is 1. The number of aryl methyl sites for hydroxylation is 1. The molecule has 0 aromatic heterocycles. The van der Waals surface area contributed by atoms with Crippen LogP contribution in [-0.4, -0.2) is 44.2 Å². The number of amides is 1. The van der Waals surface area contributed by atoms with Crippen LogP contribution in [0.15, 0.2) is 18.2 Å². The molecule has 7 nitrogen and oxygen atoms in total. The topological polar surface area (TPSA) is 104 Å². The van der Waals surface area contributed by atoms with Gasteiger partial charge in [0.1, 0.15) is 0 Å². The van der Waals surface area contributed by atoms with Crippen molar-refractivity contribution in [2.24, 2.45) is 0 Å². The number of sulfonamides is 1. The van der Waals surface area contributed by atoms with Gasteiger partial charge in [0.15, 0.2) is 0 Å². The van der Waals surface area contributed by atoms with E-state index in [0.717, 1.165) is 18.4 Å². The fourth-order valence-corrected chi connectivity index (χ4v) is 4.42. The Hall–Kier alpha value is -2.09. The summed E-state index contributed by atoms with van der Waals surface area (Å²) in [5.74, 6) is -0.845. The first-order chi connectivity index (χ1) is 11.8. The first kappa shape index (κ1) is 19.2. The summed E-state index contributed by atoms with van der Waals surface area (Å²) in [5, 5.41) is 11.4. The van der Waals surface area contributed by atoms with Crippen LogP contribution in [0.3, 0.4) is 0 Å². The third kappa shape index (κ3) is 5.19. The molecule has 0 aliphatic carbocycles. The van der Waals surface area contributed by atoms with Gasteiger partial charge in [-0.25, -0.2) is 8.42 Å². The molecule has 1 amide bonds. The number of nitrogens with one attached hydrogen (secondary N) is 1. The van der Waals surface area contributed by atoms with Crippen molar-refractivity contribution in [1.82, 2.24) is 5.32 Å². The molecule has 1 aromatic rings. The van der Waals surface area contributed by atoms with Gasteiger partial charge < -0.3 is 10.4 Å². The first-order valence-corrected chi connectivity index (χ1v) is 10.0. The van der Waals surface area contributed by atoms with Gasteiger partial charge in [0, 0.05) is 25.1 Å². The highest BCUT2D eigenvalue weighted by Gasteiger charge is 2.28. The number of benzene rings is 1. The maximum absolute atomic E-state index is 12.2. The predicted octanol–water partition coefficient (Wildman–Crippen LogP) is 1.91. The van der Waals surface area contributed by atoms with Gasteiger partial charge in [0.05, 0.1) is 11.4 Å². The second-order valence-electron chi connectivity index (χ2n) is 6.20. The molecule has 2 N–H and O–H groups in total. The van der Waals surface area contributed by atoms with E-state index >= 15 is 0 Å². The molecule has 1 aliphatic heterocycles. The zero-order valence-corrected chi connectivity index (χ0v) is 15.1. The highest BCUT2D eigenvalue weighted by Crippen LogP contribution is 2.26. The summed E-state index contributed by atoms with van der Waals surface area (Å²) < 4.78 is 25.3. The van der Waals surface area contributed by atoms with Gasteiger partial charge in [0.2, 0.25) is 10.0 Å². The van der Waals surface area contributed by atoms with Crippen molar-refractivity contribution in [3.8, 4) is 0 Å². The van der Waals surface area contributed by atoms with E-state index < -0.39 is 16.0 Å². The van der Waals surface area contributed by atoms with E-state index in [1.54, 1.807) is 25.1 Å². The summed E-state index contributed by atoms with van der Waals surface area (Å²) in [4.78, 5) is 22.6. The average molecular weight is 368 g/mol. The zero-order chi connectivity index (χ0) is 18.4. The van der Waals surface area contributed by atoms with E-state index in [-0.39, 0.29) is 18.1 Å². The maximum atomic E-state index is 12.2. The number of hydrogen-bond donors (Lipinski definition) is 2. The average Bonchev–Trinajstić information content (AvgIpc) is 2.89. The van der Waals surface area contributed by atoms with Crippen LogP contribution in [0.2, 0.25) is 0 Å². The van der Waals surface area contributed by atoms with Crippen molar-refractivity contribution in [2.45, 2.75) is 39.0 Å². The number of carboxylic acids is 1. The van der Waals surface area contributed by atoms with Crippen LogP contribution in [0.1, 0.15) is 48.0 Å². The fourth-order valence-electron chi connectivity index (χ4n) is 2.86. The summed E-state index contributed by atoms with van der Waals surface area (Å²) in [6.45, 7) is 2.75. The minimum atomic E-state index is -3.23. The maximum Gasteiger partial charge on any atom is 0.303 e. The number of hydrogen-bond acceptors (Lipinski definition) is 4. The monoisotopic (exact) mass is 368 g/mol. The van der Waals surface area contributed by atoms with Crippen LogP contribution in [0.4, 0.5) is 5.69 Å². The molecule has 0 atom stereocenters. The Bertz CT molecular complexity index is 745. The van der Waals surface area contributed by atoms with E-state index in [9.17, 15) is 18.0 Å². The van der Waals surface area contributed by atoms with Gasteiger partial charge in [-0.3, -0.25) is 13.9 Å². The lowest BCUT2D eigenvalue weighted by atomic mass is 10.1. The third-order valence-electron chi connectivity index (χ3n) is 4.19. The van der Waals surface area contributed by atoms with Crippen molar-refractivity contribution in [2.75, 3.05) is 23.1 Å². The predicted molar refractivity (Wildman–Crippen MR) is 95.4 cm³/mol. The van der Waals surface area contributed by atoms with Gasteiger partial charge in [-0.05, 0) is 49.9 Å². The Labute approximate surface area is 148 Å². The van der Waals surface area contributed by atoms with Gasteiger partial charge in [-0.1, -0.05) is 6.42 Å². The van der Waals surface area contributed by atoms with Crippen LogP contribution < -0.4 is 9.62 Å². The van der Waals surface area contributed by atoms with Gasteiger partial charge >= 0.3 is 5.97 Å². The molecular weight excluding hydrogens is 344 g/mol. The molecule has 138 valence electrons. The number of carbonyl (C=O) groups excluding carboxylic acids is 1. The Morgan fingerprint density at radius 3 is 2.60 bits per heavy atom. The second kappa shape index (κ2) is 8.33.